The Morgan fingerprint density at radius 3 is 2.57 bits per heavy atom. The molecule has 0 radical (unpaired) electrons. The van der Waals surface area contributed by atoms with E-state index in [1.165, 1.54) is 0 Å². The molecule has 2 N–H and O–H groups in total. The molecule has 2 aromatic rings. The van der Waals surface area contributed by atoms with Crippen LogP contribution < -0.4 is 15.5 Å². The van der Waals surface area contributed by atoms with E-state index in [-0.39, 0.29) is 11.9 Å². The highest BCUT2D eigenvalue weighted by molar-refractivity contribution is 5.76. The van der Waals surface area contributed by atoms with Gasteiger partial charge in [-0.2, -0.15) is 0 Å². The van der Waals surface area contributed by atoms with Gasteiger partial charge in [-0.25, -0.2) is 9.97 Å². The monoisotopic (exact) mass is 313 g/mol. The number of amides is 1. The average molecular weight is 313 g/mol. The van der Waals surface area contributed by atoms with Gasteiger partial charge < -0.3 is 15.5 Å². The molecule has 2 rings (SSSR count). The molecule has 1 aromatic heterocycles. The Hall–Kier alpha value is -2.63. The molecule has 0 spiro atoms. The Kier molecular flexibility index (Phi) is 6.35. The van der Waals surface area contributed by atoms with Crippen LogP contribution in [0.15, 0.2) is 48.8 Å². The van der Waals surface area contributed by atoms with Crippen LogP contribution in [0.4, 0.5) is 11.6 Å². The van der Waals surface area contributed by atoms with Gasteiger partial charge in [-0.3, -0.25) is 4.79 Å². The summed E-state index contributed by atoms with van der Waals surface area (Å²) in [6.45, 7) is 3.27. The van der Waals surface area contributed by atoms with Crippen LogP contribution >= 0.6 is 0 Å². The van der Waals surface area contributed by atoms with E-state index in [9.17, 15) is 4.79 Å². The molecule has 1 amide bonds. The van der Waals surface area contributed by atoms with Crippen LogP contribution in [0.25, 0.3) is 0 Å². The first-order valence-electron chi connectivity index (χ1n) is 7.71. The summed E-state index contributed by atoms with van der Waals surface area (Å²) in [5, 5.41) is 6.03. The molecule has 1 heterocycles. The molecule has 0 saturated heterocycles. The number of benzene rings is 1. The fraction of sp³-hybridized carbons (Fsp3) is 0.353. The second-order valence-corrected chi connectivity index (χ2v) is 5.43. The maximum absolute atomic E-state index is 12.0. The molecular formula is C17H23N5O. The highest BCUT2D eigenvalue weighted by Crippen LogP contribution is 2.10. The zero-order chi connectivity index (χ0) is 16.5. The molecule has 0 aliphatic heterocycles. The zero-order valence-electron chi connectivity index (χ0n) is 13.6. The van der Waals surface area contributed by atoms with E-state index in [1.807, 2.05) is 32.2 Å². The Labute approximate surface area is 137 Å². The molecule has 0 fully saturated rings. The number of carbonyl (C=O) groups excluding carboxylic acids is 1. The summed E-state index contributed by atoms with van der Waals surface area (Å²) in [6.07, 6.45) is 3.71. The second kappa shape index (κ2) is 8.73. The number of nitrogens with zero attached hydrogens (tertiary/aromatic N) is 3. The van der Waals surface area contributed by atoms with Gasteiger partial charge >= 0.3 is 0 Å². The van der Waals surface area contributed by atoms with Crippen LogP contribution in [0, 0.1) is 0 Å². The Bertz CT molecular complexity index is 590. The van der Waals surface area contributed by atoms with Crippen molar-refractivity contribution in [1.82, 2.24) is 15.3 Å². The predicted octanol–water partition coefficient (Wildman–Crippen LogP) is 1.92. The van der Waals surface area contributed by atoms with E-state index >= 15 is 0 Å². The molecule has 1 aromatic carbocycles. The summed E-state index contributed by atoms with van der Waals surface area (Å²) in [5.41, 5.74) is 1.14. The molecule has 0 aliphatic rings. The Balaban J connectivity index is 1.68. The average Bonchev–Trinajstić information content (AvgIpc) is 2.56. The van der Waals surface area contributed by atoms with E-state index in [0.29, 0.717) is 18.9 Å². The minimum absolute atomic E-state index is 0.0161. The third-order valence-corrected chi connectivity index (χ3v) is 3.35. The summed E-state index contributed by atoms with van der Waals surface area (Å²) in [5.74, 6) is 0.555. The number of rotatable bonds is 8. The summed E-state index contributed by atoms with van der Waals surface area (Å²) in [4.78, 5) is 22.2. The van der Waals surface area contributed by atoms with E-state index in [2.05, 4.69) is 37.6 Å². The first kappa shape index (κ1) is 16.7. The topological polar surface area (TPSA) is 70.2 Å². The summed E-state index contributed by atoms with van der Waals surface area (Å²) in [7, 11) is 2.02. The third kappa shape index (κ3) is 5.94. The molecule has 122 valence electrons. The lowest BCUT2D eigenvalue weighted by Crippen LogP contribution is -2.41. The standard InChI is InChI=1S/C17H23N5O/c1-14(13-22(2)15-7-4-3-5-8-15)21-16(23)9-12-20-17-18-10-6-11-19-17/h3-8,10-11,14H,9,12-13H2,1-2H3,(H,21,23)(H,18,19,20)/t14-/m1/s1. The fourth-order valence-corrected chi connectivity index (χ4v) is 2.27. The van der Waals surface area contributed by atoms with Crippen molar-refractivity contribution in [1.29, 1.82) is 0 Å². The number of hydrogen-bond acceptors (Lipinski definition) is 5. The number of anilines is 2. The summed E-state index contributed by atoms with van der Waals surface area (Å²) < 4.78 is 0. The number of likely N-dealkylation sites (N-methyl/N-ethyl adjacent to an activating group) is 1. The SMILES string of the molecule is C[C@H](CN(C)c1ccccc1)NC(=O)CCNc1ncccn1. The van der Waals surface area contributed by atoms with E-state index in [4.69, 9.17) is 0 Å². The number of carbonyl (C=O) groups is 1. The van der Waals surface area contributed by atoms with Gasteiger partial charge in [-0.05, 0) is 25.1 Å². The molecule has 6 nitrogen and oxygen atoms in total. The summed E-state index contributed by atoms with van der Waals surface area (Å²) >= 11 is 0. The lowest BCUT2D eigenvalue weighted by molar-refractivity contribution is -0.121. The van der Waals surface area contributed by atoms with Crippen LogP contribution in [0.5, 0.6) is 0 Å². The number of aromatic nitrogens is 2. The first-order chi connectivity index (χ1) is 11.1. The molecule has 0 bridgehead atoms. The number of hydrogen-bond donors (Lipinski definition) is 2. The van der Waals surface area contributed by atoms with Gasteiger partial charge in [0, 0.05) is 50.7 Å². The highest BCUT2D eigenvalue weighted by atomic mass is 16.1. The second-order valence-electron chi connectivity index (χ2n) is 5.43. The zero-order valence-corrected chi connectivity index (χ0v) is 13.6. The largest absolute Gasteiger partial charge is 0.373 e. The van der Waals surface area contributed by atoms with Gasteiger partial charge in [-0.15, -0.1) is 0 Å². The van der Waals surface area contributed by atoms with Crippen LogP contribution in [-0.2, 0) is 4.79 Å². The van der Waals surface area contributed by atoms with Crippen molar-refractivity contribution in [2.24, 2.45) is 0 Å². The minimum Gasteiger partial charge on any atom is -0.373 e. The van der Waals surface area contributed by atoms with Crippen LogP contribution in [0.3, 0.4) is 0 Å². The smallest absolute Gasteiger partial charge is 0.222 e. The van der Waals surface area contributed by atoms with E-state index < -0.39 is 0 Å². The lowest BCUT2D eigenvalue weighted by atomic mass is 10.2. The number of para-hydroxylation sites is 1. The van der Waals surface area contributed by atoms with Crippen molar-refractivity contribution >= 4 is 17.5 Å². The Morgan fingerprint density at radius 2 is 1.87 bits per heavy atom. The molecular weight excluding hydrogens is 290 g/mol. The van der Waals surface area contributed by atoms with Crippen molar-refractivity contribution in [3.8, 4) is 0 Å². The van der Waals surface area contributed by atoms with Crippen molar-refractivity contribution in [2.75, 3.05) is 30.4 Å². The lowest BCUT2D eigenvalue weighted by Gasteiger charge is -2.24. The van der Waals surface area contributed by atoms with Gasteiger partial charge in [0.25, 0.3) is 0 Å². The van der Waals surface area contributed by atoms with E-state index in [0.717, 1.165) is 12.2 Å². The van der Waals surface area contributed by atoms with Gasteiger partial charge in [0.15, 0.2) is 0 Å². The van der Waals surface area contributed by atoms with E-state index in [1.54, 1.807) is 18.5 Å². The predicted molar refractivity (Wildman–Crippen MR) is 92.5 cm³/mol. The van der Waals surface area contributed by atoms with Crippen LogP contribution in [0.2, 0.25) is 0 Å². The van der Waals surface area contributed by atoms with Crippen molar-refractivity contribution < 1.29 is 4.79 Å². The van der Waals surface area contributed by atoms with Gasteiger partial charge in [0.05, 0.1) is 0 Å². The van der Waals surface area contributed by atoms with Crippen molar-refractivity contribution in [2.45, 2.75) is 19.4 Å². The molecule has 0 unspecified atom stereocenters. The van der Waals surface area contributed by atoms with Gasteiger partial charge in [0.1, 0.15) is 0 Å². The molecule has 0 aliphatic carbocycles. The maximum Gasteiger partial charge on any atom is 0.222 e. The van der Waals surface area contributed by atoms with Crippen molar-refractivity contribution in [3.63, 3.8) is 0 Å². The molecule has 6 heteroatoms. The fourth-order valence-electron chi connectivity index (χ4n) is 2.27. The number of nitrogens with one attached hydrogen (secondary N) is 2. The normalized spacial score (nSPS) is 11.6. The molecule has 23 heavy (non-hydrogen) atoms. The maximum atomic E-state index is 12.0. The van der Waals surface area contributed by atoms with Crippen molar-refractivity contribution in [3.05, 3.63) is 48.8 Å². The molecule has 1 atom stereocenters. The minimum atomic E-state index is 0.0161. The first-order valence-corrected chi connectivity index (χ1v) is 7.71. The Morgan fingerprint density at radius 1 is 1.17 bits per heavy atom. The van der Waals surface area contributed by atoms with Gasteiger partial charge in [-0.1, -0.05) is 18.2 Å². The van der Waals surface area contributed by atoms with Crippen LogP contribution in [-0.4, -0.2) is 42.1 Å². The van der Waals surface area contributed by atoms with Crippen LogP contribution in [0.1, 0.15) is 13.3 Å². The quantitative estimate of drug-likeness (QED) is 0.779. The molecule has 0 saturated carbocycles. The third-order valence-electron chi connectivity index (χ3n) is 3.35. The summed E-state index contributed by atoms with van der Waals surface area (Å²) in [6, 6.07) is 11.9. The van der Waals surface area contributed by atoms with Gasteiger partial charge in [0.2, 0.25) is 11.9 Å². The highest BCUT2D eigenvalue weighted by Gasteiger charge is 2.10.